The monoisotopic (exact) mass is 405 g/mol. The fourth-order valence-electron chi connectivity index (χ4n) is 2.95. The zero-order valence-corrected chi connectivity index (χ0v) is 18.0. The zero-order chi connectivity index (χ0) is 21.9. The van der Waals surface area contributed by atoms with Crippen LogP contribution in [0.5, 0.6) is 0 Å². The molecule has 3 rings (SSSR count). The lowest BCUT2D eigenvalue weighted by Crippen LogP contribution is -2.27. The van der Waals surface area contributed by atoms with Crippen LogP contribution in [0.15, 0.2) is 54.6 Å². The molecule has 0 atom stereocenters. The molecule has 2 aromatic carbocycles. The molecule has 0 spiro atoms. The van der Waals surface area contributed by atoms with E-state index < -0.39 is 11.4 Å². The molecule has 0 radical (unpaired) electrons. The van der Waals surface area contributed by atoms with Crippen LogP contribution in [0, 0.1) is 12.3 Å². The normalized spacial score (nSPS) is 11.2. The van der Waals surface area contributed by atoms with E-state index in [2.05, 4.69) is 10.4 Å². The number of para-hydroxylation sites is 1. The maximum atomic E-state index is 12.4. The van der Waals surface area contributed by atoms with Crippen LogP contribution in [0.25, 0.3) is 16.9 Å². The van der Waals surface area contributed by atoms with Gasteiger partial charge in [0, 0.05) is 16.7 Å². The number of esters is 1. The first-order valence-corrected chi connectivity index (χ1v) is 9.96. The number of anilines is 1. The average molecular weight is 405 g/mol. The Labute approximate surface area is 176 Å². The van der Waals surface area contributed by atoms with Crippen molar-refractivity contribution in [1.82, 2.24) is 9.78 Å². The second kappa shape index (κ2) is 8.53. The van der Waals surface area contributed by atoms with E-state index >= 15 is 0 Å². The fourth-order valence-corrected chi connectivity index (χ4v) is 2.95. The summed E-state index contributed by atoms with van der Waals surface area (Å²) < 4.78 is 6.88. The standard InChI is InChI=1S/C24H27N3O3/c1-6-30-22(28)19-15-21(27(26-19)20-13-8-7-10-16(20)2)17-11-9-12-18(14-17)25-23(29)24(3,4)5/h7-15H,6H2,1-5H3,(H,25,29). The van der Waals surface area contributed by atoms with Crippen molar-refractivity contribution in [3.05, 3.63) is 65.9 Å². The number of amides is 1. The Morgan fingerprint density at radius 3 is 2.47 bits per heavy atom. The molecule has 0 fully saturated rings. The molecule has 156 valence electrons. The van der Waals surface area contributed by atoms with Crippen molar-refractivity contribution < 1.29 is 14.3 Å². The predicted molar refractivity (Wildman–Crippen MR) is 118 cm³/mol. The summed E-state index contributed by atoms with van der Waals surface area (Å²) in [6, 6.07) is 17.1. The van der Waals surface area contributed by atoms with Gasteiger partial charge >= 0.3 is 5.97 Å². The minimum atomic E-state index is -0.504. The summed E-state index contributed by atoms with van der Waals surface area (Å²) in [5.74, 6) is -0.539. The van der Waals surface area contributed by atoms with Gasteiger partial charge in [-0.05, 0) is 43.7 Å². The molecular formula is C24H27N3O3. The first-order chi connectivity index (χ1) is 14.2. The summed E-state index contributed by atoms with van der Waals surface area (Å²) in [6.07, 6.45) is 0. The smallest absolute Gasteiger partial charge is 0.358 e. The number of rotatable bonds is 5. The highest BCUT2D eigenvalue weighted by Gasteiger charge is 2.22. The Bertz CT molecular complexity index is 1080. The molecule has 6 nitrogen and oxygen atoms in total. The maximum absolute atomic E-state index is 12.4. The van der Waals surface area contributed by atoms with E-state index in [0.29, 0.717) is 5.69 Å². The van der Waals surface area contributed by atoms with Crippen LogP contribution in [0.4, 0.5) is 5.69 Å². The molecular weight excluding hydrogens is 378 g/mol. The number of hydrogen-bond donors (Lipinski definition) is 1. The van der Waals surface area contributed by atoms with E-state index in [0.717, 1.165) is 22.5 Å². The summed E-state index contributed by atoms with van der Waals surface area (Å²) in [4.78, 5) is 24.7. The van der Waals surface area contributed by atoms with E-state index in [-0.39, 0.29) is 18.2 Å². The molecule has 0 saturated heterocycles. The van der Waals surface area contributed by atoms with Crippen LogP contribution in [-0.2, 0) is 9.53 Å². The number of aromatic nitrogens is 2. The molecule has 0 saturated carbocycles. The van der Waals surface area contributed by atoms with Crippen molar-refractivity contribution in [2.24, 2.45) is 5.41 Å². The van der Waals surface area contributed by atoms with Crippen molar-refractivity contribution >= 4 is 17.6 Å². The summed E-state index contributed by atoms with van der Waals surface area (Å²) in [5, 5.41) is 7.47. The molecule has 0 aliphatic heterocycles. The largest absolute Gasteiger partial charge is 0.461 e. The molecule has 3 aromatic rings. The van der Waals surface area contributed by atoms with Crippen LogP contribution in [0.2, 0.25) is 0 Å². The van der Waals surface area contributed by atoms with E-state index in [9.17, 15) is 9.59 Å². The minimum absolute atomic E-state index is 0.0701. The van der Waals surface area contributed by atoms with Crippen molar-refractivity contribution in [2.75, 3.05) is 11.9 Å². The van der Waals surface area contributed by atoms with E-state index in [1.54, 1.807) is 17.7 Å². The lowest BCUT2D eigenvalue weighted by molar-refractivity contribution is -0.123. The van der Waals surface area contributed by atoms with Gasteiger partial charge in [-0.25, -0.2) is 9.48 Å². The van der Waals surface area contributed by atoms with Crippen LogP contribution in [0.3, 0.4) is 0 Å². The average Bonchev–Trinajstić information content (AvgIpc) is 3.13. The quantitative estimate of drug-likeness (QED) is 0.606. The molecule has 0 unspecified atom stereocenters. The van der Waals surface area contributed by atoms with E-state index in [1.807, 2.05) is 76.2 Å². The van der Waals surface area contributed by atoms with E-state index in [1.165, 1.54) is 0 Å². The molecule has 0 aliphatic rings. The van der Waals surface area contributed by atoms with Gasteiger partial charge in [0.05, 0.1) is 18.0 Å². The molecule has 1 aromatic heterocycles. The van der Waals surface area contributed by atoms with Crippen LogP contribution in [-0.4, -0.2) is 28.3 Å². The van der Waals surface area contributed by atoms with Gasteiger partial charge < -0.3 is 10.1 Å². The number of aryl methyl sites for hydroxylation is 1. The maximum Gasteiger partial charge on any atom is 0.358 e. The summed E-state index contributed by atoms with van der Waals surface area (Å²) in [5.41, 5.74) is 3.87. The Balaban J connectivity index is 2.09. The number of nitrogens with one attached hydrogen (secondary N) is 1. The van der Waals surface area contributed by atoms with Crippen LogP contribution >= 0.6 is 0 Å². The van der Waals surface area contributed by atoms with Crippen LogP contribution < -0.4 is 5.32 Å². The molecule has 30 heavy (non-hydrogen) atoms. The van der Waals surface area contributed by atoms with Gasteiger partial charge in [-0.15, -0.1) is 0 Å². The summed E-state index contributed by atoms with van der Waals surface area (Å²) >= 11 is 0. The highest BCUT2D eigenvalue weighted by atomic mass is 16.5. The second-order valence-corrected chi connectivity index (χ2v) is 8.12. The Kier molecular flexibility index (Phi) is 6.06. The highest BCUT2D eigenvalue weighted by molar-refractivity contribution is 5.95. The van der Waals surface area contributed by atoms with Crippen molar-refractivity contribution in [3.8, 4) is 16.9 Å². The number of nitrogens with zero attached hydrogens (tertiary/aromatic N) is 2. The third kappa shape index (κ3) is 4.59. The van der Waals surface area contributed by atoms with Gasteiger partial charge in [0.25, 0.3) is 0 Å². The molecule has 0 aliphatic carbocycles. The SMILES string of the molecule is CCOC(=O)c1cc(-c2cccc(NC(=O)C(C)(C)C)c2)n(-c2ccccc2C)n1. The molecule has 1 N–H and O–H groups in total. The number of benzene rings is 2. The third-order valence-electron chi connectivity index (χ3n) is 4.63. The second-order valence-electron chi connectivity index (χ2n) is 8.12. The lowest BCUT2D eigenvalue weighted by atomic mass is 9.95. The predicted octanol–water partition coefficient (Wildman–Crippen LogP) is 5.01. The Hall–Kier alpha value is -3.41. The number of hydrogen-bond acceptors (Lipinski definition) is 4. The van der Waals surface area contributed by atoms with Crippen LogP contribution in [0.1, 0.15) is 43.7 Å². The lowest BCUT2D eigenvalue weighted by Gasteiger charge is -2.18. The molecule has 0 bridgehead atoms. The van der Waals surface area contributed by atoms with Gasteiger partial charge in [-0.2, -0.15) is 5.10 Å². The van der Waals surface area contributed by atoms with Gasteiger partial charge in [0.15, 0.2) is 5.69 Å². The highest BCUT2D eigenvalue weighted by Crippen LogP contribution is 2.28. The number of carbonyl (C=O) groups excluding carboxylic acids is 2. The number of carbonyl (C=O) groups is 2. The fraction of sp³-hybridized carbons (Fsp3) is 0.292. The van der Waals surface area contributed by atoms with Gasteiger partial charge in [-0.3, -0.25) is 4.79 Å². The van der Waals surface area contributed by atoms with Gasteiger partial charge in [0.2, 0.25) is 5.91 Å². The first kappa shape index (κ1) is 21.3. The van der Waals surface area contributed by atoms with Crippen molar-refractivity contribution in [2.45, 2.75) is 34.6 Å². The Morgan fingerprint density at radius 1 is 1.07 bits per heavy atom. The van der Waals surface area contributed by atoms with Crippen molar-refractivity contribution in [3.63, 3.8) is 0 Å². The third-order valence-corrected chi connectivity index (χ3v) is 4.63. The van der Waals surface area contributed by atoms with E-state index in [4.69, 9.17) is 4.74 Å². The Morgan fingerprint density at radius 2 is 1.80 bits per heavy atom. The van der Waals surface area contributed by atoms with Gasteiger partial charge in [0.1, 0.15) is 0 Å². The minimum Gasteiger partial charge on any atom is -0.461 e. The zero-order valence-electron chi connectivity index (χ0n) is 18.0. The molecule has 1 amide bonds. The number of ether oxygens (including phenoxy) is 1. The molecule has 6 heteroatoms. The first-order valence-electron chi connectivity index (χ1n) is 9.96. The van der Waals surface area contributed by atoms with Crippen molar-refractivity contribution in [1.29, 1.82) is 0 Å². The molecule has 1 heterocycles. The summed E-state index contributed by atoms with van der Waals surface area (Å²) in [7, 11) is 0. The summed E-state index contributed by atoms with van der Waals surface area (Å²) in [6.45, 7) is 9.63. The van der Waals surface area contributed by atoms with Gasteiger partial charge in [-0.1, -0.05) is 51.1 Å². The topological polar surface area (TPSA) is 73.2 Å².